The number of fused-ring (bicyclic) bond motifs is 7. The van der Waals surface area contributed by atoms with Crippen LogP contribution in [0.4, 0.5) is 0 Å². The number of Topliss-reactive ketones (excluding diaryl/α,β-unsaturated/α-hetero) is 1. The molecule has 0 unspecified atom stereocenters. The third-order valence-electron chi connectivity index (χ3n) is 17.2. The first-order valence-corrected chi connectivity index (χ1v) is 23.4. The molecule has 4 saturated heterocycles. The van der Waals surface area contributed by atoms with Crippen molar-refractivity contribution in [1.29, 1.82) is 0 Å². The van der Waals surface area contributed by atoms with Gasteiger partial charge in [-0.25, -0.2) is 0 Å². The summed E-state index contributed by atoms with van der Waals surface area (Å²) in [7, 11) is 0. The molecule has 0 aromatic carbocycles. The molecule has 7 fully saturated rings. The molecule has 3 saturated carbocycles. The molecular weight excluding hydrogens is 844 g/mol. The predicted octanol–water partition coefficient (Wildman–Crippen LogP) is -1.65. The van der Waals surface area contributed by atoms with Gasteiger partial charge in [-0.15, -0.1) is 0 Å². The summed E-state index contributed by atoms with van der Waals surface area (Å²) in [5.74, 6) is -1.44. The summed E-state index contributed by atoms with van der Waals surface area (Å²) in [6.07, 6.45) is -14.6. The minimum Gasteiger partial charge on any atom is -0.394 e. The Morgan fingerprint density at radius 3 is 2.05 bits per heavy atom. The second-order valence-electron chi connectivity index (χ2n) is 20.9. The molecule has 8 rings (SSSR count). The lowest BCUT2D eigenvalue weighted by Gasteiger charge is -2.57. The van der Waals surface area contributed by atoms with E-state index in [2.05, 4.69) is 19.9 Å². The first-order valence-electron chi connectivity index (χ1n) is 23.4. The molecule has 0 amide bonds. The molecule has 0 aromatic rings. The van der Waals surface area contributed by atoms with Crippen LogP contribution >= 0.6 is 0 Å². The van der Waals surface area contributed by atoms with E-state index in [1.165, 1.54) is 5.57 Å². The van der Waals surface area contributed by atoms with Crippen LogP contribution in [-0.2, 0) is 38.0 Å². The summed E-state index contributed by atoms with van der Waals surface area (Å²) in [4.78, 5) is 14.6. The van der Waals surface area contributed by atoms with Crippen LogP contribution in [0.15, 0.2) is 11.6 Å². The Hall–Kier alpha value is -1.31. The second-order valence-corrected chi connectivity index (χ2v) is 20.9. The van der Waals surface area contributed by atoms with Crippen molar-refractivity contribution in [1.82, 2.24) is 0 Å². The molecule has 19 heteroatoms. The number of hydrogen-bond acceptors (Lipinski definition) is 19. The number of ether oxygens (including phenoxy) is 7. The molecule has 4 heterocycles. The minimum absolute atomic E-state index is 0.0714. The Kier molecular flexibility index (Phi) is 14.2. The molecule has 64 heavy (non-hydrogen) atoms. The van der Waals surface area contributed by atoms with Gasteiger partial charge in [0.05, 0.1) is 38.1 Å². The summed E-state index contributed by atoms with van der Waals surface area (Å²) >= 11 is 0. The second kappa shape index (κ2) is 18.5. The van der Waals surface area contributed by atoms with E-state index < -0.39 is 117 Å². The topological polar surface area (TPSA) is 304 Å². The summed E-state index contributed by atoms with van der Waals surface area (Å²) in [5, 5.41) is 115. The van der Waals surface area contributed by atoms with E-state index in [4.69, 9.17) is 33.2 Å². The molecule has 0 radical (unpaired) electrons. The minimum atomic E-state index is -1.70. The lowest BCUT2D eigenvalue weighted by atomic mass is 9.46. The van der Waals surface area contributed by atoms with Gasteiger partial charge in [0.1, 0.15) is 72.9 Å². The molecule has 0 bridgehead atoms. The Labute approximate surface area is 373 Å². The highest BCUT2D eigenvalue weighted by atomic mass is 16.7. The number of allylic oxidation sites excluding steroid dienone is 1. The maximum Gasteiger partial charge on any atom is 0.187 e. The fourth-order valence-corrected chi connectivity index (χ4v) is 13.2. The molecule has 11 N–H and O–H groups in total. The summed E-state index contributed by atoms with van der Waals surface area (Å²) in [6, 6.07) is 0. The molecule has 8 aliphatic rings. The highest BCUT2D eigenvalue weighted by molar-refractivity contribution is 5.87. The number of ketones is 1. The zero-order valence-corrected chi connectivity index (χ0v) is 37.3. The molecular formula is C45H72O19. The van der Waals surface area contributed by atoms with E-state index in [1.54, 1.807) is 6.92 Å². The Balaban J connectivity index is 0.861. The smallest absolute Gasteiger partial charge is 0.187 e. The number of carbonyl (C=O) groups excluding carboxylic acids is 1. The Morgan fingerprint density at radius 2 is 1.39 bits per heavy atom. The lowest BCUT2D eigenvalue weighted by molar-refractivity contribution is -0.359. The highest BCUT2D eigenvalue weighted by Gasteiger charge is 2.70. The molecule has 19 nitrogen and oxygen atoms in total. The summed E-state index contributed by atoms with van der Waals surface area (Å²) in [5.41, 5.74) is 0.263. The van der Waals surface area contributed by atoms with Crippen molar-refractivity contribution in [3.8, 4) is 0 Å². The van der Waals surface area contributed by atoms with Crippen molar-refractivity contribution in [2.45, 2.75) is 196 Å². The van der Waals surface area contributed by atoms with Crippen LogP contribution in [0.5, 0.6) is 0 Å². The largest absolute Gasteiger partial charge is 0.394 e. The average Bonchev–Trinajstić information content (AvgIpc) is 3.71. The molecule has 0 spiro atoms. The Bertz CT molecular complexity index is 1680. The van der Waals surface area contributed by atoms with Crippen LogP contribution in [0.3, 0.4) is 0 Å². The van der Waals surface area contributed by atoms with Crippen LogP contribution in [0.2, 0.25) is 0 Å². The van der Waals surface area contributed by atoms with Gasteiger partial charge >= 0.3 is 0 Å². The summed E-state index contributed by atoms with van der Waals surface area (Å²) < 4.78 is 41.4. The van der Waals surface area contributed by atoms with Gasteiger partial charge in [0, 0.05) is 30.1 Å². The van der Waals surface area contributed by atoms with Gasteiger partial charge in [0.25, 0.3) is 0 Å². The number of hydrogen-bond donors (Lipinski definition) is 11. The molecule has 4 aliphatic carbocycles. The predicted molar refractivity (Wildman–Crippen MR) is 218 cm³/mol. The number of aliphatic hydroxyl groups is 11. The average molecular weight is 917 g/mol. The van der Waals surface area contributed by atoms with Crippen molar-refractivity contribution in [3.63, 3.8) is 0 Å². The maximum atomic E-state index is 14.6. The monoisotopic (exact) mass is 916 g/mol. The zero-order chi connectivity index (χ0) is 46.4. The van der Waals surface area contributed by atoms with E-state index in [-0.39, 0.29) is 65.5 Å². The van der Waals surface area contributed by atoms with Crippen molar-refractivity contribution >= 4 is 5.78 Å². The fraction of sp³-hybridized carbons (Fsp3) is 0.933. The molecule has 4 aliphatic heterocycles. The SMILES string of the molecule is C[C@@H](CC[C@]1(O)O[C@H]2C[C@H]3[C@@H]4CC=C5C[C@@H](O[C@@H]6O[C@H](C)[C@H](O[C@@H]7O[C@H](CO)[C@@H](O)[C@H](O)[C@H]7O)[C@H](O)[C@H]6O)CC[C@]5(C)[C@H]4CC(=O)[C@]3(C)[C@H]2[C@@H]1C)CO[C@@H]1O[C@H](CO)[C@@H](O)[C@H](O)[C@H]1O. The first kappa shape index (κ1) is 49.1. The van der Waals surface area contributed by atoms with Gasteiger partial charge < -0.3 is 89.3 Å². The van der Waals surface area contributed by atoms with E-state index in [0.717, 1.165) is 12.8 Å². The Morgan fingerprint density at radius 1 is 0.781 bits per heavy atom. The van der Waals surface area contributed by atoms with E-state index in [1.807, 2.05) is 13.8 Å². The third kappa shape index (κ3) is 8.27. The van der Waals surface area contributed by atoms with E-state index in [9.17, 15) is 61.0 Å². The maximum absolute atomic E-state index is 14.6. The van der Waals surface area contributed by atoms with Crippen molar-refractivity contribution in [2.75, 3.05) is 19.8 Å². The number of rotatable bonds is 12. The highest BCUT2D eigenvalue weighted by Crippen LogP contribution is 2.69. The standard InChI is InChI=1S/C45H72O19/c1-18(17-58-40-36(54)33(51)31(49)27(15-46)61-40)8-11-45(57)19(2)30-26(64-45)13-25-23-7-6-21-12-22(9-10-43(21,4)24(23)14-29(48)44(25,30)5)60-41-38(56)35(53)39(20(3)59-41)63-42-37(55)34(52)32(50)28(16-47)62-42/h6,18-20,22-28,30-42,46-47,49-57H,7-17H2,1-5H3/t18-,19-,20+,22-,23+,24-,25-,26-,27+,28+,30-,31+,32+,33-,34-,35+,36+,37+,38+,39-,40+,41-,42-,43-,44+,45-/m0/s1. The lowest BCUT2D eigenvalue weighted by Crippen LogP contribution is -2.64. The van der Waals surface area contributed by atoms with Gasteiger partial charge in [0.15, 0.2) is 24.7 Å². The quantitative estimate of drug-likeness (QED) is 0.0978. The number of aliphatic hydroxyl groups excluding tert-OH is 10. The molecule has 0 aromatic heterocycles. The normalized spacial score (nSPS) is 54.4. The number of carbonyl (C=O) groups is 1. The fourth-order valence-electron chi connectivity index (χ4n) is 13.2. The van der Waals surface area contributed by atoms with E-state index >= 15 is 0 Å². The van der Waals surface area contributed by atoms with Crippen molar-refractivity contribution in [3.05, 3.63) is 11.6 Å². The van der Waals surface area contributed by atoms with Crippen molar-refractivity contribution in [2.24, 2.45) is 46.3 Å². The van der Waals surface area contributed by atoms with E-state index in [0.29, 0.717) is 38.5 Å². The van der Waals surface area contributed by atoms with Crippen LogP contribution in [0, 0.1) is 46.3 Å². The van der Waals surface area contributed by atoms with Gasteiger partial charge in [0.2, 0.25) is 0 Å². The van der Waals surface area contributed by atoms with Crippen LogP contribution in [0.25, 0.3) is 0 Å². The van der Waals surface area contributed by atoms with Gasteiger partial charge in [-0.2, -0.15) is 0 Å². The van der Waals surface area contributed by atoms with Gasteiger partial charge in [-0.3, -0.25) is 4.79 Å². The van der Waals surface area contributed by atoms with Crippen LogP contribution in [-0.4, -0.2) is 192 Å². The first-order chi connectivity index (χ1) is 30.2. The van der Waals surface area contributed by atoms with Crippen LogP contribution in [0.1, 0.15) is 86.0 Å². The summed E-state index contributed by atoms with van der Waals surface area (Å²) in [6.45, 7) is 8.75. The molecule has 26 atom stereocenters. The van der Waals surface area contributed by atoms with Crippen LogP contribution < -0.4 is 0 Å². The third-order valence-corrected chi connectivity index (χ3v) is 17.2. The zero-order valence-electron chi connectivity index (χ0n) is 37.3. The van der Waals surface area contributed by atoms with Crippen molar-refractivity contribution < 1.29 is 94.1 Å². The van der Waals surface area contributed by atoms with Gasteiger partial charge in [-0.05, 0) is 74.5 Å². The van der Waals surface area contributed by atoms with Gasteiger partial charge in [-0.1, -0.05) is 39.3 Å². The molecule has 366 valence electrons.